The number of hydrogen-bond acceptors (Lipinski definition) is 2. The Bertz CT molecular complexity index is 370. The minimum absolute atomic E-state index is 0.772. The van der Waals surface area contributed by atoms with Crippen LogP contribution in [0.25, 0.3) is 6.08 Å². The fraction of sp³-hybridized carbons (Fsp3) is 0.417. The van der Waals surface area contributed by atoms with Crippen LogP contribution in [0.5, 0.6) is 0 Å². The van der Waals surface area contributed by atoms with E-state index in [1.807, 2.05) is 6.20 Å². The van der Waals surface area contributed by atoms with Crippen LogP contribution in [-0.4, -0.2) is 17.6 Å². The Labute approximate surface area is 98.9 Å². The molecule has 2 nitrogen and oxygen atoms in total. The second-order valence-electron chi connectivity index (χ2n) is 4.08. The quantitative estimate of drug-likeness (QED) is 0.907. The van der Waals surface area contributed by atoms with Crippen LogP contribution in [0.3, 0.4) is 0 Å². The lowest BCUT2D eigenvalue weighted by Gasteiger charge is -2.03. The Morgan fingerprint density at radius 2 is 2.40 bits per heavy atom. The fourth-order valence-corrected chi connectivity index (χ4v) is 1.82. The van der Waals surface area contributed by atoms with E-state index < -0.39 is 0 Å². The van der Waals surface area contributed by atoms with Crippen molar-refractivity contribution in [2.45, 2.75) is 25.8 Å². The van der Waals surface area contributed by atoms with Crippen LogP contribution in [0.1, 0.15) is 25.3 Å². The molecule has 0 saturated heterocycles. The second kappa shape index (κ2) is 4.90. The summed E-state index contributed by atoms with van der Waals surface area (Å²) in [5.41, 5.74) is 2.50. The van der Waals surface area contributed by atoms with E-state index in [2.05, 4.69) is 45.3 Å². The molecule has 1 aromatic rings. The van der Waals surface area contributed by atoms with Crippen LogP contribution in [0.2, 0.25) is 0 Å². The van der Waals surface area contributed by atoms with Gasteiger partial charge >= 0.3 is 0 Å². The van der Waals surface area contributed by atoms with E-state index in [0.29, 0.717) is 0 Å². The first-order valence-corrected chi connectivity index (χ1v) is 6.04. The summed E-state index contributed by atoms with van der Waals surface area (Å²) in [5.74, 6) is 0. The van der Waals surface area contributed by atoms with Crippen LogP contribution >= 0.6 is 15.9 Å². The highest BCUT2D eigenvalue weighted by Crippen LogP contribution is 2.19. The molecule has 0 aliphatic heterocycles. The maximum atomic E-state index is 4.13. The van der Waals surface area contributed by atoms with Crippen LogP contribution < -0.4 is 5.32 Å². The number of nitrogens with one attached hydrogen (secondary N) is 1. The van der Waals surface area contributed by atoms with Gasteiger partial charge in [-0.05, 0) is 47.3 Å². The fourth-order valence-electron chi connectivity index (χ4n) is 1.44. The average molecular weight is 267 g/mol. The Kier molecular flexibility index (Phi) is 3.54. The van der Waals surface area contributed by atoms with Gasteiger partial charge in [-0.1, -0.05) is 11.6 Å². The summed E-state index contributed by atoms with van der Waals surface area (Å²) >= 11 is 3.42. The molecule has 1 aromatic heterocycles. The molecule has 0 unspecified atom stereocenters. The third-order valence-electron chi connectivity index (χ3n) is 2.39. The van der Waals surface area contributed by atoms with E-state index in [-0.39, 0.29) is 0 Å². The minimum atomic E-state index is 0.772. The zero-order chi connectivity index (χ0) is 10.7. The normalized spacial score (nSPS) is 16.8. The highest BCUT2D eigenvalue weighted by Gasteiger charge is 2.19. The molecule has 1 N–H and O–H groups in total. The SMILES string of the molecule is C/C(=C/c1cncc(Br)c1)CNC1CC1. The molecule has 80 valence electrons. The van der Waals surface area contributed by atoms with E-state index in [1.165, 1.54) is 18.4 Å². The number of rotatable bonds is 4. The molecular weight excluding hydrogens is 252 g/mol. The monoisotopic (exact) mass is 266 g/mol. The average Bonchev–Trinajstić information content (AvgIpc) is 2.98. The summed E-state index contributed by atoms with van der Waals surface area (Å²) in [6, 6.07) is 2.85. The van der Waals surface area contributed by atoms with E-state index in [1.54, 1.807) is 6.20 Å². The van der Waals surface area contributed by atoms with Crippen molar-refractivity contribution in [2.24, 2.45) is 0 Å². The molecule has 0 amide bonds. The standard InChI is InChI=1S/C12H15BrN2/c1-9(6-15-12-2-3-12)4-10-5-11(13)8-14-7-10/h4-5,7-8,12,15H,2-3,6H2,1H3/b9-4-. The molecule has 2 rings (SSSR count). The van der Waals surface area contributed by atoms with Crippen LogP contribution in [-0.2, 0) is 0 Å². The Morgan fingerprint density at radius 1 is 1.60 bits per heavy atom. The van der Waals surface area contributed by atoms with Gasteiger partial charge in [-0.25, -0.2) is 0 Å². The number of halogens is 1. The Hall–Kier alpha value is -0.670. The van der Waals surface area contributed by atoms with Gasteiger partial charge in [-0.15, -0.1) is 0 Å². The van der Waals surface area contributed by atoms with Crippen molar-refractivity contribution in [2.75, 3.05) is 6.54 Å². The second-order valence-corrected chi connectivity index (χ2v) is 5.00. The van der Waals surface area contributed by atoms with Crippen molar-refractivity contribution >= 4 is 22.0 Å². The van der Waals surface area contributed by atoms with Gasteiger partial charge in [0.2, 0.25) is 0 Å². The molecule has 0 bridgehead atoms. The summed E-state index contributed by atoms with van der Waals surface area (Å²) in [5, 5.41) is 3.49. The van der Waals surface area contributed by atoms with Gasteiger partial charge < -0.3 is 5.32 Å². The predicted octanol–water partition coefficient (Wildman–Crippen LogP) is 3.00. The van der Waals surface area contributed by atoms with Gasteiger partial charge in [0.15, 0.2) is 0 Å². The lowest BCUT2D eigenvalue weighted by Crippen LogP contribution is -2.18. The molecule has 15 heavy (non-hydrogen) atoms. The molecule has 1 aliphatic rings. The van der Waals surface area contributed by atoms with Crippen molar-refractivity contribution in [3.8, 4) is 0 Å². The van der Waals surface area contributed by atoms with Gasteiger partial charge in [0.1, 0.15) is 0 Å². The molecule has 0 spiro atoms. The Balaban J connectivity index is 1.94. The van der Waals surface area contributed by atoms with E-state index in [4.69, 9.17) is 0 Å². The first-order chi connectivity index (χ1) is 7.24. The van der Waals surface area contributed by atoms with E-state index in [9.17, 15) is 0 Å². The molecule has 1 fully saturated rings. The molecule has 3 heteroatoms. The van der Waals surface area contributed by atoms with Crippen LogP contribution in [0.15, 0.2) is 28.5 Å². The maximum Gasteiger partial charge on any atom is 0.0410 e. The van der Waals surface area contributed by atoms with E-state index >= 15 is 0 Å². The van der Waals surface area contributed by atoms with Crippen molar-refractivity contribution in [3.05, 3.63) is 34.1 Å². The number of pyridine rings is 1. The summed E-state index contributed by atoms with van der Waals surface area (Å²) < 4.78 is 1.03. The smallest absolute Gasteiger partial charge is 0.0410 e. The van der Waals surface area contributed by atoms with Crippen LogP contribution in [0.4, 0.5) is 0 Å². The lowest BCUT2D eigenvalue weighted by atomic mass is 10.2. The number of aromatic nitrogens is 1. The zero-order valence-corrected chi connectivity index (χ0v) is 10.4. The summed E-state index contributed by atoms with van der Waals surface area (Å²) in [6.45, 7) is 3.13. The molecule has 0 radical (unpaired) electrons. The van der Waals surface area contributed by atoms with Crippen molar-refractivity contribution in [1.82, 2.24) is 10.3 Å². The van der Waals surface area contributed by atoms with Gasteiger partial charge in [-0.3, -0.25) is 4.98 Å². The zero-order valence-electron chi connectivity index (χ0n) is 8.83. The molecule has 0 atom stereocenters. The highest BCUT2D eigenvalue weighted by atomic mass is 79.9. The summed E-state index contributed by atoms with van der Waals surface area (Å²) in [6.07, 6.45) is 8.53. The Morgan fingerprint density at radius 3 is 3.07 bits per heavy atom. The van der Waals surface area contributed by atoms with Gasteiger partial charge in [-0.2, -0.15) is 0 Å². The highest BCUT2D eigenvalue weighted by molar-refractivity contribution is 9.10. The number of nitrogens with zero attached hydrogens (tertiary/aromatic N) is 1. The lowest BCUT2D eigenvalue weighted by molar-refractivity contribution is 0.736. The largest absolute Gasteiger partial charge is 0.310 e. The molecule has 1 saturated carbocycles. The van der Waals surface area contributed by atoms with E-state index in [0.717, 1.165) is 22.6 Å². The van der Waals surface area contributed by atoms with Crippen molar-refractivity contribution in [3.63, 3.8) is 0 Å². The molecule has 0 aromatic carbocycles. The molecule has 1 aliphatic carbocycles. The third kappa shape index (κ3) is 3.76. The minimum Gasteiger partial charge on any atom is -0.310 e. The van der Waals surface area contributed by atoms with Gasteiger partial charge in [0.25, 0.3) is 0 Å². The van der Waals surface area contributed by atoms with Crippen molar-refractivity contribution < 1.29 is 0 Å². The first kappa shape index (κ1) is 10.8. The maximum absolute atomic E-state index is 4.13. The summed E-state index contributed by atoms with van der Waals surface area (Å²) in [7, 11) is 0. The first-order valence-electron chi connectivity index (χ1n) is 5.25. The number of hydrogen-bond donors (Lipinski definition) is 1. The molecule has 1 heterocycles. The van der Waals surface area contributed by atoms with Gasteiger partial charge in [0, 0.05) is 29.5 Å². The molecular formula is C12H15BrN2. The van der Waals surface area contributed by atoms with Crippen molar-refractivity contribution in [1.29, 1.82) is 0 Å². The van der Waals surface area contributed by atoms with Crippen LogP contribution in [0, 0.1) is 0 Å². The topological polar surface area (TPSA) is 24.9 Å². The summed E-state index contributed by atoms with van der Waals surface area (Å²) in [4.78, 5) is 4.13. The third-order valence-corrected chi connectivity index (χ3v) is 2.82. The van der Waals surface area contributed by atoms with Gasteiger partial charge in [0.05, 0.1) is 0 Å². The predicted molar refractivity (Wildman–Crippen MR) is 66.6 cm³/mol.